The minimum atomic E-state index is -0.959. The second-order valence-corrected chi connectivity index (χ2v) is 11.9. The second-order valence-electron chi connectivity index (χ2n) is 11.1. The average molecular weight is 820 g/mol. The Balaban J connectivity index is 0.000000230. The first kappa shape index (κ1) is 38.4. The molecule has 0 saturated heterocycles. The van der Waals surface area contributed by atoms with Crippen molar-refractivity contribution >= 4 is 85.1 Å². The summed E-state index contributed by atoms with van der Waals surface area (Å²) >= 11 is 11.5. The van der Waals surface area contributed by atoms with Crippen molar-refractivity contribution in [1.29, 1.82) is 0 Å². The van der Waals surface area contributed by atoms with Gasteiger partial charge in [-0.05, 0) is 46.0 Å². The lowest BCUT2D eigenvalue weighted by Crippen LogP contribution is -2.37. The number of benzene rings is 5. The van der Waals surface area contributed by atoms with Gasteiger partial charge in [-0.25, -0.2) is 0 Å². The molecule has 286 valence electrons. The summed E-state index contributed by atoms with van der Waals surface area (Å²) in [6.07, 6.45) is 0. The Hall–Kier alpha value is -8.32. The molecule has 7 rings (SSSR count). The molecule has 0 aliphatic carbocycles. The van der Waals surface area contributed by atoms with Crippen LogP contribution in [0.5, 0.6) is 0 Å². The van der Waals surface area contributed by atoms with Gasteiger partial charge in [-0.1, -0.05) is 41.4 Å². The van der Waals surface area contributed by atoms with Crippen molar-refractivity contribution in [1.82, 2.24) is 19.8 Å². The van der Waals surface area contributed by atoms with Crippen LogP contribution < -0.4 is 9.69 Å². The summed E-state index contributed by atoms with van der Waals surface area (Å²) < 4.78 is 0. The van der Waals surface area contributed by atoms with E-state index in [0.29, 0.717) is 26.9 Å². The predicted octanol–water partition coefficient (Wildman–Crippen LogP) is 6.58. The summed E-state index contributed by atoms with van der Waals surface area (Å²) in [5, 5.41) is 96.1. The highest BCUT2D eigenvalue weighted by Gasteiger charge is 2.31. The van der Waals surface area contributed by atoms with E-state index >= 15 is 0 Å². The maximum atomic E-state index is 12.8. The first-order valence-corrected chi connectivity index (χ1v) is 15.9. The molecule has 0 aliphatic rings. The summed E-state index contributed by atoms with van der Waals surface area (Å²) in [4.78, 5) is 54.0. The summed E-state index contributed by atoms with van der Waals surface area (Å²) in [6.45, 7) is 0. The third kappa shape index (κ3) is 7.57. The molecule has 2 aromatic heterocycles. The van der Waals surface area contributed by atoms with Crippen molar-refractivity contribution in [3.8, 4) is 11.4 Å². The molecule has 0 atom stereocenters. The average Bonchev–Trinajstić information content (AvgIpc) is 3.68. The van der Waals surface area contributed by atoms with Crippen molar-refractivity contribution in [3.05, 3.63) is 162 Å². The lowest BCUT2D eigenvalue weighted by Gasteiger charge is -2.04. The molecule has 0 amide bonds. The number of aromatic nitrogens is 6. The highest BCUT2D eigenvalue weighted by atomic mass is 35.5. The van der Waals surface area contributed by atoms with Crippen LogP contribution in [0.2, 0.25) is 10.0 Å². The number of para-hydroxylation sites is 1. The third-order valence-electron chi connectivity index (χ3n) is 7.63. The summed E-state index contributed by atoms with van der Waals surface area (Å²) in [5.74, 6) is 0. The van der Waals surface area contributed by atoms with Crippen molar-refractivity contribution < 1.29 is 34.3 Å². The Bertz CT molecular complexity index is 2870. The molecule has 0 saturated carbocycles. The number of nitrogens with zero attached hydrogens (tertiary/aromatic N) is 13. The van der Waals surface area contributed by atoms with E-state index in [-0.39, 0.29) is 43.2 Å². The van der Waals surface area contributed by atoms with Crippen LogP contribution in [-0.4, -0.2) is 44.4 Å². The van der Waals surface area contributed by atoms with Crippen LogP contribution in [0.15, 0.2) is 101 Å². The first-order chi connectivity index (χ1) is 27.0. The minimum absolute atomic E-state index is 0.00241. The van der Waals surface area contributed by atoms with Crippen LogP contribution in [0.3, 0.4) is 0 Å². The molecule has 2 heterocycles. The third-order valence-corrected chi connectivity index (χ3v) is 8.25. The standard InChI is InChI=1S/C18H8ClN9O9.C12H7ClN4O3/c19-12-3-1-9(5-14(12)26(32)33)20-21-13-4-2-10(6-15(13)27(34)35)23-22-18-16(24(23)29)7-11(25(30)31)8-17(18)28(36)37;13-9-6-10-12(7-11(9)17(19)20)16(18)15(14-10)8-4-2-1-3-5-8/h1-8H;1-7H. The number of rotatable bonds is 9. The molecule has 0 N–H and O–H groups in total. The smallest absolute Gasteiger partial charge is 0.334 e. The maximum absolute atomic E-state index is 12.8. The van der Waals surface area contributed by atoms with E-state index < -0.39 is 58.4 Å². The van der Waals surface area contributed by atoms with Crippen LogP contribution >= 0.6 is 23.2 Å². The molecule has 25 nitrogen and oxygen atoms in total. The number of fused-ring (bicyclic) bond motifs is 2. The van der Waals surface area contributed by atoms with Gasteiger partial charge < -0.3 is 10.4 Å². The zero-order chi connectivity index (χ0) is 41.3. The maximum Gasteiger partial charge on any atom is 0.334 e. The Morgan fingerprint density at radius 1 is 0.544 bits per heavy atom. The van der Waals surface area contributed by atoms with Gasteiger partial charge in [-0.3, -0.25) is 50.6 Å². The number of non-ortho nitro benzene ring substituents is 2. The number of nitro benzene ring substituents is 5. The molecule has 27 heteroatoms. The van der Waals surface area contributed by atoms with Crippen molar-refractivity contribution in [2.24, 2.45) is 10.2 Å². The molecule has 0 fully saturated rings. The van der Waals surface area contributed by atoms with Crippen molar-refractivity contribution in [3.63, 3.8) is 0 Å². The molecular weight excluding hydrogens is 805 g/mol. The topological polar surface area (TPSA) is 330 Å². The highest BCUT2D eigenvalue weighted by molar-refractivity contribution is 6.33. The van der Waals surface area contributed by atoms with Gasteiger partial charge in [-0.15, -0.1) is 14.8 Å². The number of hydrogen-bond donors (Lipinski definition) is 0. The Morgan fingerprint density at radius 2 is 1.16 bits per heavy atom. The molecule has 0 spiro atoms. The monoisotopic (exact) mass is 819 g/mol. The van der Waals surface area contributed by atoms with Gasteiger partial charge in [0.05, 0.1) is 58.7 Å². The molecule has 57 heavy (non-hydrogen) atoms. The summed E-state index contributed by atoms with van der Waals surface area (Å²) in [5.41, 5.74) is -3.61. The Labute approximate surface area is 322 Å². The summed E-state index contributed by atoms with van der Waals surface area (Å²) in [7, 11) is 0. The second kappa shape index (κ2) is 15.2. The number of halogens is 2. The van der Waals surface area contributed by atoms with E-state index in [9.17, 15) is 61.0 Å². The van der Waals surface area contributed by atoms with Gasteiger partial charge in [0.15, 0.2) is 5.69 Å². The zero-order valence-electron chi connectivity index (χ0n) is 27.6. The fraction of sp³-hybridized carbons (Fsp3) is 0. The number of azo groups is 1. The summed E-state index contributed by atoms with van der Waals surface area (Å²) in [6, 6.07) is 19.2. The zero-order valence-corrected chi connectivity index (χ0v) is 29.1. The van der Waals surface area contributed by atoms with Crippen LogP contribution in [0.25, 0.3) is 33.4 Å². The van der Waals surface area contributed by atoms with Gasteiger partial charge in [-0.2, -0.15) is 5.11 Å². The van der Waals surface area contributed by atoms with Gasteiger partial charge in [0.1, 0.15) is 21.4 Å². The SMILES string of the molecule is O=[N+]([O-])c1cc([N+](=O)[O-])c2nn(-c3ccc(N=Nc4ccc(Cl)c([N+](=O)[O-])c4)c([N+](=O)[O-])c3)[n+]([O-])c2c1.O=[N+]([O-])c1cc2c(cc1Cl)nn(-c1ccccc1)[n+]2[O-]. The molecule has 0 unspecified atom stereocenters. The normalized spacial score (nSPS) is 11.1. The van der Waals surface area contributed by atoms with Crippen molar-refractivity contribution in [2.75, 3.05) is 0 Å². The highest BCUT2D eigenvalue weighted by Crippen LogP contribution is 2.34. The number of hydrogen-bond acceptors (Lipinski definition) is 16. The van der Waals surface area contributed by atoms with Crippen LogP contribution in [0.4, 0.5) is 39.8 Å². The predicted molar refractivity (Wildman–Crippen MR) is 194 cm³/mol. The molecule has 7 aromatic rings. The molecule has 0 radical (unpaired) electrons. The van der Waals surface area contributed by atoms with E-state index in [4.69, 9.17) is 23.2 Å². The first-order valence-electron chi connectivity index (χ1n) is 15.2. The van der Waals surface area contributed by atoms with Gasteiger partial charge >= 0.3 is 11.2 Å². The van der Waals surface area contributed by atoms with E-state index in [1.165, 1.54) is 18.2 Å². The van der Waals surface area contributed by atoms with E-state index in [2.05, 4.69) is 20.4 Å². The lowest BCUT2D eigenvalue weighted by molar-refractivity contribution is -0.664. The molecule has 0 bridgehead atoms. The fourth-order valence-corrected chi connectivity index (χ4v) is 5.46. The van der Waals surface area contributed by atoms with E-state index in [0.717, 1.165) is 41.2 Å². The van der Waals surface area contributed by atoms with Crippen LogP contribution in [0.1, 0.15) is 0 Å². The van der Waals surface area contributed by atoms with Gasteiger partial charge in [0.25, 0.3) is 28.3 Å². The van der Waals surface area contributed by atoms with Gasteiger partial charge in [0.2, 0.25) is 11.0 Å². The fourth-order valence-electron chi connectivity index (χ4n) is 5.05. The van der Waals surface area contributed by atoms with Crippen molar-refractivity contribution in [2.45, 2.75) is 0 Å². The van der Waals surface area contributed by atoms with E-state index in [1.807, 2.05) is 6.07 Å². The minimum Gasteiger partial charge on any atom is -0.692 e. The molecule has 0 aliphatic heterocycles. The van der Waals surface area contributed by atoms with Crippen LogP contribution in [0, 0.1) is 61.0 Å². The lowest BCUT2D eigenvalue weighted by atomic mass is 10.2. The number of nitro groups is 5. The van der Waals surface area contributed by atoms with Crippen LogP contribution in [-0.2, 0) is 0 Å². The largest absolute Gasteiger partial charge is 0.692 e. The Morgan fingerprint density at radius 3 is 1.79 bits per heavy atom. The molecule has 5 aromatic carbocycles. The quantitative estimate of drug-likeness (QED) is 0.0488. The molecular formula is C30H15Cl2N13O12. The van der Waals surface area contributed by atoms with E-state index in [1.54, 1.807) is 24.3 Å². The van der Waals surface area contributed by atoms with Gasteiger partial charge in [0, 0.05) is 18.2 Å². The Kier molecular flexibility index (Phi) is 10.2.